The van der Waals surface area contributed by atoms with Crippen molar-refractivity contribution >= 4 is 17.4 Å². The fraction of sp³-hybridized carbons (Fsp3) is 0.571. The van der Waals surface area contributed by atoms with Gasteiger partial charge in [0.1, 0.15) is 6.61 Å². The molecule has 56 valence electrons. The molecule has 0 saturated carbocycles. The van der Waals surface area contributed by atoms with Crippen molar-refractivity contribution in [1.29, 1.82) is 0 Å². The van der Waals surface area contributed by atoms with Crippen LogP contribution in [0.5, 0.6) is 0 Å². The molecule has 1 rings (SSSR count). The van der Waals surface area contributed by atoms with Crippen LogP contribution in [0.3, 0.4) is 0 Å². The predicted octanol–water partition coefficient (Wildman–Crippen LogP) is 1.53. The van der Waals surface area contributed by atoms with Crippen LogP contribution in [0.25, 0.3) is 0 Å². The van der Waals surface area contributed by atoms with Crippen LogP contribution >= 0.6 is 12.2 Å². The van der Waals surface area contributed by atoms with E-state index in [1.54, 1.807) is 6.20 Å². The first-order valence-corrected chi connectivity index (χ1v) is 3.57. The maximum atomic E-state index is 5.16. The van der Waals surface area contributed by atoms with Gasteiger partial charge < -0.3 is 9.64 Å². The van der Waals surface area contributed by atoms with Crippen molar-refractivity contribution in [3.63, 3.8) is 0 Å². The molecule has 3 heteroatoms. The van der Waals surface area contributed by atoms with Crippen molar-refractivity contribution in [2.45, 2.75) is 19.4 Å². The molecule has 1 saturated heterocycles. The Hall–Kier alpha value is -0.570. The molecule has 0 N–H and O–H groups in total. The molecule has 0 bridgehead atoms. The molecule has 0 atom stereocenters. The molecular formula is C7H11NOS. The predicted molar refractivity (Wildman–Crippen MR) is 44.7 cm³/mol. The summed E-state index contributed by atoms with van der Waals surface area (Å²) < 4.78 is 5.16. The molecule has 1 aliphatic heterocycles. The van der Waals surface area contributed by atoms with E-state index in [1.807, 2.05) is 4.90 Å². The van der Waals surface area contributed by atoms with Crippen molar-refractivity contribution in [3.8, 4) is 0 Å². The van der Waals surface area contributed by atoms with Crippen LogP contribution in [-0.4, -0.2) is 22.2 Å². The largest absolute Gasteiger partial charge is 0.468 e. The van der Waals surface area contributed by atoms with Gasteiger partial charge in [-0.25, -0.2) is 0 Å². The lowest BCUT2D eigenvalue weighted by Gasteiger charge is -2.24. The van der Waals surface area contributed by atoms with Crippen LogP contribution in [0.1, 0.15) is 13.8 Å². The van der Waals surface area contributed by atoms with Gasteiger partial charge in [-0.3, -0.25) is 0 Å². The normalized spacial score (nSPS) is 22.6. The second kappa shape index (κ2) is 2.23. The zero-order valence-electron chi connectivity index (χ0n) is 6.26. The Labute approximate surface area is 66.5 Å². The lowest BCUT2D eigenvalue weighted by atomic mass is 10.1. The van der Waals surface area contributed by atoms with Gasteiger partial charge in [-0.15, -0.1) is 0 Å². The third-order valence-corrected chi connectivity index (χ3v) is 1.89. The van der Waals surface area contributed by atoms with Gasteiger partial charge in [0.25, 0.3) is 5.17 Å². The van der Waals surface area contributed by atoms with E-state index in [0.29, 0.717) is 11.8 Å². The fourth-order valence-electron chi connectivity index (χ4n) is 0.946. The molecule has 0 spiro atoms. The number of ether oxygens (including phenoxy) is 1. The third-order valence-electron chi connectivity index (χ3n) is 1.58. The first-order chi connectivity index (χ1) is 4.58. The van der Waals surface area contributed by atoms with Gasteiger partial charge in [-0.1, -0.05) is 6.58 Å². The monoisotopic (exact) mass is 157 g/mol. The summed E-state index contributed by atoms with van der Waals surface area (Å²) in [7, 11) is 0. The topological polar surface area (TPSA) is 12.5 Å². The SMILES string of the molecule is C=CN1C(=S)OCC1(C)C. The second-order valence-corrected chi connectivity index (χ2v) is 3.27. The van der Waals surface area contributed by atoms with Gasteiger partial charge >= 0.3 is 0 Å². The van der Waals surface area contributed by atoms with Crippen molar-refractivity contribution in [3.05, 3.63) is 12.8 Å². The van der Waals surface area contributed by atoms with Crippen molar-refractivity contribution in [1.82, 2.24) is 4.90 Å². The minimum Gasteiger partial charge on any atom is -0.468 e. The molecule has 10 heavy (non-hydrogen) atoms. The van der Waals surface area contributed by atoms with Gasteiger partial charge in [0.2, 0.25) is 0 Å². The first kappa shape index (κ1) is 7.54. The molecule has 0 amide bonds. The lowest BCUT2D eigenvalue weighted by molar-refractivity contribution is 0.258. The minimum absolute atomic E-state index is 0.0150. The number of thiocarbonyl (C=S) groups is 1. The number of hydrogen-bond donors (Lipinski definition) is 0. The highest BCUT2D eigenvalue weighted by Gasteiger charge is 2.35. The van der Waals surface area contributed by atoms with Crippen LogP contribution in [0.4, 0.5) is 0 Å². The average molecular weight is 157 g/mol. The van der Waals surface area contributed by atoms with E-state index in [0.717, 1.165) is 0 Å². The van der Waals surface area contributed by atoms with Crippen LogP contribution in [-0.2, 0) is 4.74 Å². The average Bonchev–Trinajstić information content (AvgIpc) is 2.07. The van der Waals surface area contributed by atoms with Gasteiger partial charge in [0.05, 0.1) is 5.54 Å². The molecule has 2 nitrogen and oxygen atoms in total. The zero-order valence-corrected chi connectivity index (χ0v) is 7.07. The van der Waals surface area contributed by atoms with Crippen molar-refractivity contribution < 1.29 is 4.74 Å². The van der Waals surface area contributed by atoms with E-state index in [1.165, 1.54) is 0 Å². The van der Waals surface area contributed by atoms with Crippen LogP contribution < -0.4 is 0 Å². The summed E-state index contributed by atoms with van der Waals surface area (Å²) in [5.74, 6) is 0. The summed E-state index contributed by atoms with van der Waals surface area (Å²) in [5.41, 5.74) is -0.0150. The fourth-order valence-corrected chi connectivity index (χ4v) is 1.33. The van der Waals surface area contributed by atoms with Gasteiger partial charge in [0.15, 0.2) is 0 Å². The molecule has 0 aromatic heterocycles. The molecule has 0 aromatic rings. The van der Waals surface area contributed by atoms with Gasteiger partial charge in [0, 0.05) is 6.20 Å². The van der Waals surface area contributed by atoms with E-state index in [-0.39, 0.29) is 5.54 Å². The summed E-state index contributed by atoms with van der Waals surface area (Å²) in [5, 5.41) is 0.528. The number of nitrogens with zero attached hydrogens (tertiary/aromatic N) is 1. The standard InChI is InChI=1S/C7H11NOS/c1-4-8-6(10)9-5-7(8,2)3/h4H,1,5H2,2-3H3. The van der Waals surface area contributed by atoms with Crippen molar-refractivity contribution in [2.75, 3.05) is 6.61 Å². The third kappa shape index (κ3) is 1.01. The number of rotatable bonds is 1. The van der Waals surface area contributed by atoms with E-state index in [4.69, 9.17) is 17.0 Å². The summed E-state index contributed by atoms with van der Waals surface area (Å²) in [6.07, 6.45) is 1.70. The van der Waals surface area contributed by atoms with E-state index in [2.05, 4.69) is 20.4 Å². The highest BCUT2D eigenvalue weighted by molar-refractivity contribution is 7.80. The highest BCUT2D eigenvalue weighted by atomic mass is 32.1. The molecule has 1 heterocycles. The Balaban J connectivity index is 2.82. The minimum atomic E-state index is -0.0150. The van der Waals surface area contributed by atoms with Crippen LogP contribution in [0, 0.1) is 0 Å². The molecule has 0 radical (unpaired) electrons. The Morgan fingerprint density at radius 3 is 2.60 bits per heavy atom. The molecule has 1 aliphatic rings. The second-order valence-electron chi connectivity index (χ2n) is 2.92. The van der Waals surface area contributed by atoms with E-state index in [9.17, 15) is 0 Å². The van der Waals surface area contributed by atoms with Gasteiger partial charge in [-0.2, -0.15) is 0 Å². The van der Waals surface area contributed by atoms with Crippen LogP contribution in [0.2, 0.25) is 0 Å². The Morgan fingerprint density at radius 1 is 1.80 bits per heavy atom. The van der Waals surface area contributed by atoms with E-state index >= 15 is 0 Å². The number of hydrogen-bond acceptors (Lipinski definition) is 2. The summed E-state index contributed by atoms with van der Waals surface area (Å²) in [4.78, 5) is 1.86. The maximum absolute atomic E-state index is 5.16. The Morgan fingerprint density at radius 2 is 2.40 bits per heavy atom. The Bertz CT molecular complexity index is 176. The van der Waals surface area contributed by atoms with E-state index < -0.39 is 0 Å². The molecule has 0 unspecified atom stereocenters. The first-order valence-electron chi connectivity index (χ1n) is 3.16. The molecule has 1 fully saturated rings. The zero-order chi connectivity index (χ0) is 7.78. The maximum Gasteiger partial charge on any atom is 0.264 e. The lowest BCUT2D eigenvalue weighted by Crippen LogP contribution is -2.37. The summed E-state index contributed by atoms with van der Waals surface area (Å²) in [6, 6.07) is 0. The Kier molecular flexibility index (Phi) is 1.68. The highest BCUT2D eigenvalue weighted by Crippen LogP contribution is 2.23. The molecule has 0 aliphatic carbocycles. The van der Waals surface area contributed by atoms with Gasteiger partial charge in [-0.05, 0) is 26.1 Å². The smallest absolute Gasteiger partial charge is 0.264 e. The van der Waals surface area contributed by atoms with Crippen LogP contribution in [0.15, 0.2) is 12.8 Å². The summed E-state index contributed by atoms with van der Waals surface area (Å²) in [6.45, 7) is 8.42. The summed E-state index contributed by atoms with van der Waals surface area (Å²) >= 11 is 4.92. The quantitative estimate of drug-likeness (QED) is 0.535. The molecular weight excluding hydrogens is 146 g/mol. The molecule has 0 aromatic carbocycles. The van der Waals surface area contributed by atoms with Crippen molar-refractivity contribution in [2.24, 2.45) is 0 Å².